The van der Waals surface area contributed by atoms with Crippen molar-refractivity contribution in [3.8, 4) is 11.5 Å². The molecule has 180 valence electrons. The lowest BCUT2D eigenvalue weighted by Crippen LogP contribution is -2.11. The van der Waals surface area contributed by atoms with E-state index < -0.39 is 9.84 Å². The molecule has 0 unspecified atom stereocenters. The van der Waals surface area contributed by atoms with Crippen LogP contribution in [0, 0.1) is 13.8 Å². The molecule has 0 saturated heterocycles. The zero-order valence-corrected chi connectivity index (χ0v) is 21.0. The summed E-state index contributed by atoms with van der Waals surface area (Å²) in [5, 5.41) is 2.90. The monoisotopic (exact) mass is 488 g/mol. The molecule has 0 radical (unpaired) electrons. The van der Waals surface area contributed by atoms with Gasteiger partial charge < -0.3 is 9.73 Å². The van der Waals surface area contributed by atoms with E-state index in [0.29, 0.717) is 34.4 Å². The Kier molecular flexibility index (Phi) is 6.89. The van der Waals surface area contributed by atoms with E-state index >= 15 is 0 Å². The Morgan fingerprint density at radius 2 is 1.54 bits per heavy atom. The van der Waals surface area contributed by atoms with Crippen molar-refractivity contribution in [3.63, 3.8) is 0 Å². The quantitative estimate of drug-likeness (QED) is 0.329. The highest BCUT2D eigenvalue weighted by atomic mass is 32.2. The van der Waals surface area contributed by atoms with E-state index in [-0.39, 0.29) is 16.6 Å². The molecule has 1 amide bonds. The molecule has 0 fully saturated rings. The smallest absolute Gasteiger partial charge is 0.255 e. The van der Waals surface area contributed by atoms with Gasteiger partial charge in [-0.3, -0.25) is 4.79 Å². The third-order valence-corrected chi connectivity index (χ3v) is 7.47. The average molecular weight is 489 g/mol. The molecule has 3 aromatic carbocycles. The molecule has 4 aromatic rings. The number of oxazole rings is 1. The Hall–Kier alpha value is -3.71. The van der Waals surface area contributed by atoms with E-state index in [2.05, 4.69) is 24.1 Å². The number of carbonyl (C=O) groups excluding carboxylic acids is 1. The van der Waals surface area contributed by atoms with Crippen molar-refractivity contribution in [2.24, 2.45) is 0 Å². The number of nitrogens with zero attached hydrogens (tertiary/aromatic N) is 1. The van der Waals surface area contributed by atoms with Crippen LogP contribution in [-0.2, 0) is 15.6 Å². The van der Waals surface area contributed by atoms with Crippen molar-refractivity contribution < 1.29 is 17.6 Å². The summed E-state index contributed by atoms with van der Waals surface area (Å²) in [6.45, 7) is 7.85. The molecule has 1 N–H and O–H groups in total. The van der Waals surface area contributed by atoms with Gasteiger partial charge in [0.05, 0.1) is 10.6 Å². The minimum Gasteiger partial charge on any atom is -0.441 e. The molecular weight excluding hydrogens is 460 g/mol. The number of amides is 1. The highest BCUT2D eigenvalue weighted by Crippen LogP contribution is 2.26. The largest absolute Gasteiger partial charge is 0.441 e. The van der Waals surface area contributed by atoms with Gasteiger partial charge in [-0.05, 0) is 73.9 Å². The summed E-state index contributed by atoms with van der Waals surface area (Å²) in [6, 6.07) is 21.4. The van der Waals surface area contributed by atoms with Crippen molar-refractivity contribution in [1.29, 1.82) is 0 Å². The van der Waals surface area contributed by atoms with E-state index in [1.54, 1.807) is 55.5 Å². The van der Waals surface area contributed by atoms with Crippen LogP contribution in [0.1, 0.15) is 52.7 Å². The van der Waals surface area contributed by atoms with E-state index in [1.807, 2.05) is 31.2 Å². The highest BCUT2D eigenvalue weighted by Gasteiger charge is 2.21. The molecule has 0 aliphatic carbocycles. The number of aromatic nitrogens is 1. The van der Waals surface area contributed by atoms with Crippen LogP contribution in [-0.4, -0.2) is 19.3 Å². The molecule has 35 heavy (non-hydrogen) atoms. The predicted molar refractivity (Wildman–Crippen MR) is 137 cm³/mol. The first kappa shape index (κ1) is 24.4. The Labute approximate surface area is 206 Å². The molecule has 6 nitrogen and oxygen atoms in total. The minimum atomic E-state index is -3.55. The van der Waals surface area contributed by atoms with Crippen LogP contribution in [0.5, 0.6) is 0 Å². The van der Waals surface area contributed by atoms with Crippen LogP contribution >= 0.6 is 0 Å². The number of hydrogen-bond acceptors (Lipinski definition) is 5. The van der Waals surface area contributed by atoms with E-state index in [9.17, 15) is 13.2 Å². The third kappa shape index (κ3) is 5.69. The van der Waals surface area contributed by atoms with Crippen molar-refractivity contribution in [2.75, 3.05) is 5.32 Å². The summed E-state index contributed by atoms with van der Waals surface area (Å²) >= 11 is 0. The maximum atomic E-state index is 12.8. The molecule has 4 rings (SSSR count). The van der Waals surface area contributed by atoms with Gasteiger partial charge in [0, 0.05) is 16.8 Å². The Morgan fingerprint density at radius 3 is 2.14 bits per heavy atom. The van der Waals surface area contributed by atoms with E-state index in [1.165, 1.54) is 5.56 Å². The van der Waals surface area contributed by atoms with Crippen LogP contribution in [0.15, 0.2) is 82.1 Å². The number of carbonyl (C=O) groups is 1. The summed E-state index contributed by atoms with van der Waals surface area (Å²) in [6.07, 6.45) is 0. The molecule has 0 atom stereocenters. The number of sulfone groups is 1. The predicted octanol–water partition coefficient (Wildman–Crippen LogP) is 6.31. The van der Waals surface area contributed by atoms with Crippen LogP contribution in [0.2, 0.25) is 0 Å². The summed E-state index contributed by atoms with van der Waals surface area (Å²) in [7, 11) is -3.55. The molecule has 7 heteroatoms. The normalized spacial score (nSPS) is 11.6. The van der Waals surface area contributed by atoms with Crippen molar-refractivity contribution in [2.45, 2.75) is 44.3 Å². The highest BCUT2D eigenvalue weighted by molar-refractivity contribution is 7.90. The second kappa shape index (κ2) is 9.88. The number of rotatable bonds is 7. The Bertz CT molecular complexity index is 1430. The molecule has 0 spiro atoms. The zero-order valence-electron chi connectivity index (χ0n) is 20.2. The second-order valence-electron chi connectivity index (χ2n) is 8.90. The van der Waals surface area contributed by atoms with Gasteiger partial charge in [0.15, 0.2) is 9.84 Å². The number of hydrogen-bond donors (Lipinski definition) is 1. The van der Waals surface area contributed by atoms with Gasteiger partial charge >= 0.3 is 0 Å². The summed E-state index contributed by atoms with van der Waals surface area (Å²) < 4.78 is 31.4. The standard InChI is InChI=1S/C28H28N2O4S/c1-18(2)21-11-13-24(14-12-21)29-27(31)22-7-9-23(10-8-22)28-30-26(20(4)34-28)17-35(32,33)25-15-5-19(3)6-16-25/h5-16,18H,17H2,1-4H3,(H,29,31). The lowest BCUT2D eigenvalue weighted by molar-refractivity contribution is 0.102. The fourth-order valence-corrected chi connectivity index (χ4v) is 4.96. The van der Waals surface area contributed by atoms with Gasteiger partial charge in [-0.25, -0.2) is 13.4 Å². The van der Waals surface area contributed by atoms with Crippen LogP contribution in [0.4, 0.5) is 5.69 Å². The maximum absolute atomic E-state index is 12.8. The topological polar surface area (TPSA) is 89.3 Å². The lowest BCUT2D eigenvalue weighted by atomic mass is 10.0. The number of anilines is 1. The van der Waals surface area contributed by atoms with Gasteiger partial charge in [-0.2, -0.15) is 0 Å². The van der Waals surface area contributed by atoms with Gasteiger partial charge in [0.2, 0.25) is 5.89 Å². The number of aryl methyl sites for hydroxylation is 2. The second-order valence-corrected chi connectivity index (χ2v) is 10.9. The van der Waals surface area contributed by atoms with E-state index in [0.717, 1.165) is 11.3 Å². The van der Waals surface area contributed by atoms with Crippen molar-refractivity contribution >= 4 is 21.4 Å². The fraction of sp³-hybridized carbons (Fsp3) is 0.214. The maximum Gasteiger partial charge on any atom is 0.255 e. The first-order valence-electron chi connectivity index (χ1n) is 11.4. The molecular formula is C28H28N2O4S. The number of benzene rings is 3. The van der Waals surface area contributed by atoms with Gasteiger partial charge in [-0.15, -0.1) is 0 Å². The molecule has 0 saturated carbocycles. The lowest BCUT2D eigenvalue weighted by Gasteiger charge is -2.08. The average Bonchev–Trinajstić information content (AvgIpc) is 3.19. The minimum absolute atomic E-state index is 0.220. The molecule has 1 heterocycles. The van der Waals surface area contributed by atoms with E-state index in [4.69, 9.17) is 4.42 Å². The van der Waals surface area contributed by atoms with Crippen LogP contribution in [0.3, 0.4) is 0 Å². The van der Waals surface area contributed by atoms with Crippen molar-refractivity contribution in [1.82, 2.24) is 4.98 Å². The summed E-state index contributed by atoms with van der Waals surface area (Å²) in [5.74, 6) is 0.716. The van der Waals surface area contributed by atoms with Gasteiger partial charge in [0.1, 0.15) is 11.5 Å². The molecule has 0 aliphatic rings. The summed E-state index contributed by atoms with van der Waals surface area (Å²) in [5.41, 5.74) is 4.44. The van der Waals surface area contributed by atoms with Crippen LogP contribution in [0.25, 0.3) is 11.5 Å². The fourth-order valence-electron chi connectivity index (χ4n) is 3.61. The molecule has 0 aliphatic heterocycles. The van der Waals surface area contributed by atoms with Crippen LogP contribution < -0.4 is 5.32 Å². The third-order valence-electron chi connectivity index (χ3n) is 5.83. The molecule has 0 bridgehead atoms. The summed E-state index contributed by atoms with van der Waals surface area (Å²) in [4.78, 5) is 17.3. The SMILES string of the molecule is Cc1ccc(S(=O)(=O)Cc2nc(-c3ccc(C(=O)Nc4ccc(C(C)C)cc4)cc3)oc2C)cc1. The van der Waals surface area contributed by atoms with Gasteiger partial charge in [0.25, 0.3) is 5.91 Å². The Morgan fingerprint density at radius 1 is 0.914 bits per heavy atom. The molecule has 1 aromatic heterocycles. The van der Waals surface area contributed by atoms with Gasteiger partial charge in [-0.1, -0.05) is 43.7 Å². The Balaban J connectivity index is 1.47. The first-order chi connectivity index (χ1) is 16.6. The zero-order chi connectivity index (χ0) is 25.2. The first-order valence-corrected chi connectivity index (χ1v) is 13.0. The number of nitrogens with one attached hydrogen (secondary N) is 1. The van der Waals surface area contributed by atoms with Crippen molar-refractivity contribution in [3.05, 3.63) is 101 Å².